The Balaban J connectivity index is 2.10. The predicted molar refractivity (Wildman–Crippen MR) is 102 cm³/mol. The third-order valence-corrected chi connectivity index (χ3v) is 4.60. The number of thioether (sulfide) groups is 1. The minimum Gasteiger partial charge on any atom is -0.493 e. The maximum Gasteiger partial charge on any atom is 0.236 e. The number of hydrogen-bond acceptors (Lipinski definition) is 6. The summed E-state index contributed by atoms with van der Waals surface area (Å²) in [4.78, 5) is 11.1. The second kappa shape index (κ2) is 9.11. The standard InChI is InChI=1S/C15H18IN3O3S/c1-3-4-5-22-14-11(16)6-10(7-12(14)21-2)8-17-19-15-18-13(20)9-23-15/h6-8H,3-5,9H2,1-2H3,(H,18,19,20). The van der Waals surface area contributed by atoms with Crippen LogP contribution in [-0.2, 0) is 4.79 Å². The number of nitrogens with one attached hydrogen (secondary N) is 1. The van der Waals surface area contributed by atoms with E-state index in [1.807, 2.05) is 12.1 Å². The molecule has 0 aromatic heterocycles. The van der Waals surface area contributed by atoms with Crippen LogP contribution in [0, 0.1) is 3.57 Å². The zero-order chi connectivity index (χ0) is 16.7. The van der Waals surface area contributed by atoms with Gasteiger partial charge in [-0.25, -0.2) is 0 Å². The largest absolute Gasteiger partial charge is 0.493 e. The summed E-state index contributed by atoms with van der Waals surface area (Å²) in [6.07, 6.45) is 3.71. The Morgan fingerprint density at radius 2 is 2.30 bits per heavy atom. The summed E-state index contributed by atoms with van der Waals surface area (Å²) in [5.74, 6) is 1.77. The number of methoxy groups -OCH3 is 1. The molecule has 1 saturated heterocycles. The number of nitrogens with zero attached hydrogens (tertiary/aromatic N) is 2. The van der Waals surface area contributed by atoms with E-state index in [1.54, 1.807) is 13.3 Å². The maximum atomic E-state index is 11.1. The van der Waals surface area contributed by atoms with Gasteiger partial charge in [0.25, 0.3) is 0 Å². The lowest BCUT2D eigenvalue weighted by Gasteiger charge is -2.13. The van der Waals surface area contributed by atoms with E-state index in [9.17, 15) is 4.79 Å². The summed E-state index contributed by atoms with van der Waals surface area (Å²) in [6.45, 7) is 2.79. The monoisotopic (exact) mass is 447 g/mol. The number of benzene rings is 1. The lowest BCUT2D eigenvalue weighted by molar-refractivity contribution is -0.116. The fraction of sp³-hybridized carbons (Fsp3) is 0.400. The van der Waals surface area contributed by atoms with Crippen LogP contribution in [0.1, 0.15) is 25.3 Å². The van der Waals surface area contributed by atoms with Crippen LogP contribution in [0.15, 0.2) is 22.3 Å². The first-order valence-corrected chi connectivity index (χ1v) is 9.24. The highest BCUT2D eigenvalue weighted by molar-refractivity contribution is 14.1. The Hall–Kier alpha value is -1.29. The molecule has 1 aliphatic heterocycles. The van der Waals surface area contributed by atoms with Crippen molar-refractivity contribution in [2.45, 2.75) is 19.8 Å². The Kier molecular flexibility index (Phi) is 7.15. The smallest absolute Gasteiger partial charge is 0.236 e. The van der Waals surface area contributed by atoms with Gasteiger partial charge in [-0.05, 0) is 46.7 Å². The topological polar surface area (TPSA) is 72.3 Å². The summed E-state index contributed by atoms with van der Waals surface area (Å²) in [7, 11) is 1.62. The van der Waals surface area contributed by atoms with Crippen molar-refractivity contribution in [2.75, 3.05) is 19.5 Å². The zero-order valence-corrected chi connectivity index (χ0v) is 15.9. The van der Waals surface area contributed by atoms with Crippen molar-refractivity contribution in [3.8, 4) is 11.5 Å². The van der Waals surface area contributed by atoms with Gasteiger partial charge in [0.1, 0.15) is 0 Å². The molecule has 124 valence electrons. The second-order valence-electron chi connectivity index (χ2n) is 4.72. The predicted octanol–water partition coefficient (Wildman–Crippen LogP) is 3.03. The van der Waals surface area contributed by atoms with E-state index >= 15 is 0 Å². The number of carbonyl (C=O) groups excluding carboxylic acids is 1. The van der Waals surface area contributed by atoms with Crippen LogP contribution in [0.4, 0.5) is 0 Å². The minimum absolute atomic E-state index is 0.0475. The third-order valence-electron chi connectivity index (χ3n) is 2.94. The normalized spacial score (nSPS) is 16.1. The molecule has 2 rings (SSSR count). The van der Waals surface area contributed by atoms with Gasteiger partial charge in [-0.2, -0.15) is 5.10 Å². The van der Waals surface area contributed by atoms with Gasteiger partial charge < -0.3 is 14.8 Å². The summed E-state index contributed by atoms with van der Waals surface area (Å²) < 4.78 is 12.2. The van der Waals surface area contributed by atoms with Gasteiger partial charge in [-0.1, -0.05) is 25.1 Å². The summed E-state index contributed by atoms with van der Waals surface area (Å²) in [5.41, 5.74) is 0.854. The fourth-order valence-corrected chi connectivity index (χ4v) is 3.21. The molecule has 0 atom stereocenters. The molecule has 0 saturated carbocycles. The van der Waals surface area contributed by atoms with Gasteiger partial charge in [0, 0.05) is 0 Å². The van der Waals surface area contributed by atoms with Crippen LogP contribution in [0.2, 0.25) is 0 Å². The van der Waals surface area contributed by atoms with E-state index in [0.717, 1.165) is 27.7 Å². The Labute approximate surface area is 153 Å². The molecule has 0 spiro atoms. The average Bonchev–Trinajstić information content (AvgIpc) is 2.94. The van der Waals surface area contributed by atoms with E-state index in [0.29, 0.717) is 23.3 Å². The first-order valence-electron chi connectivity index (χ1n) is 7.18. The molecule has 0 aliphatic carbocycles. The highest BCUT2D eigenvalue weighted by Crippen LogP contribution is 2.33. The summed E-state index contributed by atoms with van der Waals surface area (Å²) >= 11 is 3.56. The van der Waals surface area contributed by atoms with E-state index in [4.69, 9.17) is 9.47 Å². The number of unbranched alkanes of at least 4 members (excludes halogenated alkanes) is 1. The van der Waals surface area contributed by atoms with Crippen molar-refractivity contribution in [1.82, 2.24) is 5.32 Å². The highest BCUT2D eigenvalue weighted by Gasteiger charge is 2.16. The number of hydrogen-bond donors (Lipinski definition) is 1. The van der Waals surface area contributed by atoms with Gasteiger partial charge >= 0.3 is 0 Å². The molecule has 8 heteroatoms. The molecule has 1 aliphatic rings. The minimum atomic E-state index is -0.0475. The van der Waals surface area contributed by atoms with Crippen LogP contribution in [0.25, 0.3) is 0 Å². The first-order chi connectivity index (χ1) is 11.1. The van der Waals surface area contributed by atoms with E-state index < -0.39 is 0 Å². The zero-order valence-electron chi connectivity index (χ0n) is 13.0. The SMILES string of the molecule is CCCCOc1c(I)cc(C=NN=C2NC(=O)CS2)cc1OC. The summed E-state index contributed by atoms with van der Waals surface area (Å²) in [6, 6.07) is 3.81. The molecular weight excluding hydrogens is 429 g/mol. The van der Waals surface area contributed by atoms with Crippen molar-refractivity contribution in [3.05, 3.63) is 21.3 Å². The van der Waals surface area contributed by atoms with Gasteiger partial charge in [-0.15, -0.1) is 5.10 Å². The van der Waals surface area contributed by atoms with Gasteiger partial charge in [0.2, 0.25) is 5.91 Å². The average molecular weight is 447 g/mol. The van der Waals surface area contributed by atoms with E-state index in [-0.39, 0.29) is 5.91 Å². The van der Waals surface area contributed by atoms with Crippen molar-refractivity contribution < 1.29 is 14.3 Å². The molecule has 1 amide bonds. The molecule has 1 aromatic carbocycles. The lowest BCUT2D eigenvalue weighted by Crippen LogP contribution is -2.19. The van der Waals surface area contributed by atoms with Crippen molar-refractivity contribution in [2.24, 2.45) is 10.2 Å². The number of halogens is 1. The Morgan fingerprint density at radius 3 is 2.96 bits per heavy atom. The fourth-order valence-electron chi connectivity index (χ4n) is 1.80. The highest BCUT2D eigenvalue weighted by atomic mass is 127. The lowest BCUT2D eigenvalue weighted by atomic mass is 10.2. The van der Waals surface area contributed by atoms with Crippen molar-refractivity contribution >= 4 is 51.6 Å². The Bertz CT molecular complexity index is 635. The van der Waals surface area contributed by atoms with E-state index in [1.165, 1.54) is 11.8 Å². The summed E-state index contributed by atoms with van der Waals surface area (Å²) in [5, 5.41) is 11.1. The molecule has 0 unspecified atom stereocenters. The number of amides is 1. The quantitative estimate of drug-likeness (QED) is 0.302. The van der Waals surface area contributed by atoms with Gasteiger partial charge in [0.05, 0.1) is 29.3 Å². The van der Waals surface area contributed by atoms with Crippen LogP contribution in [0.5, 0.6) is 11.5 Å². The third kappa shape index (κ3) is 5.38. The maximum absolute atomic E-state index is 11.1. The molecular formula is C15H18IN3O3S. The molecule has 1 heterocycles. The molecule has 1 fully saturated rings. The van der Waals surface area contributed by atoms with Gasteiger partial charge in [0.15, 0.2) is 16.7 Å². The van der Waals surface area contributed by atoms with Crippen LogP contribution in [0.3, 0.4) is 0 Å². The first kappa shape index (κ1) is 18.1. The molecule has 0 radical (unpaired) electrons. The number of carbonyl (C=O) groups is 1. The number of ether oxygens (including phenoxy) is 2. The molecule has 1 N–H and O–H groups in total. The van der Waals surface area contributed by atoms with Gasteiger partial charge in [-0.3, -0.25) is 4.79 Å². The van der Waals surface area contributed by atoms with E-state index in [2.05, 4.69) is 45.0 Å². The van der Waals surface area contributed by atoms with Crippen molar-refractivity contribution in [1.29, 1.82) is 0 Å². The van der Waals surface area contributed by atoms with Crippen molar-refractivity contribution in [3.63, 3.8) is 0 Å². The van der Waals surface area contributed by atoms with Crippen LogP contribution in [-0.4, -0.2) is 36.8 Å². The molecule has 23 heavy (non-hydrogen) atoms. The number of rotatable bonds is 7. The molecule has 0 bridgehead atoms. The van der Waals surface area contributed by atoms with Crippen LogP contribution >= 0.6 is 34.4 Å². The number of amidine groups is 1. The molecule has 1 aromatic rings. The molecule has 6 nitrogen and oxygen atoms in total. The second-order valence-corrected chi connectivity index (χ2v) is 6.85. The van der Waals surface area contributed by atoms with Crippen LogP contribution < -0.4 is 14.8 Å². The Morgan fingerprint density at radius 1 is 1.48 bits per heavy atom.